The summed E-state index contributed by atoms with van der Waals surface area (Å²) in [5.41, 5.74) is -0.808. The van der Waals surface area contributed by atoms with Crippen molar-refractivity contribution in [2.75, 3.05) is 7.11 Å². The number of carbonyl (C=O) groups excluding carboxylic acids is 1. The maximum Gasteiger partial charge on any atom is 0.416 e. The maximum absolute atomic E-state index is 13.7. The molecule has 0 atom stereocenters. The number of rotatable bonds is 5. The van der Waals surface area contributed by atoms with Crippen LogP contribution < -0.4 is 0 Å². The van der Waals surface area contributed by atoms with Gasteiger partial charge in [0, 0.05) is 22.5 Å². The van der Waals surface area contributed by atoms with E-state index in [0.717, 1.165) is 10.0 Å². The number of aryl methyl sites for hydroxylation is 1. The van der Waals surface area contributed by atoms with Gasteiger partial charge in [0.15, 0.2) is 0 Å². The molecule has 0 unspecified atom stereocenters. The standard InChI is InChI=1S/C25H18Cl2F3NO4S/c1-14-10-15-11-16(12-19-21(26)9-8-18(23(19)27)24(32)35-2)31(22(15)13-20(14)25(28,29)30)36(33,34)17-6-4-3-5-7-17/h3-11,13H,12H2,1-2H3. The van der Waals surface area contributed by atoms with Crippen LogP contribution in [0.15, 0.2) is 65.6 Å². The number of hydrogen-bond acceptors (Lipinski definition) is 4. The van der Waals surface area contributed by atoms with Crippen molar-refractivity contribution in [2.24, 2.45) is 0 Å². The Morgan fingerprint density at radius 3 is 2.31 bits per heavy atom. The van der Waals surface area contributed by atoms with Crippen molar-refractivity contribution < 1.29 is 31.1 Å². The summed E-state index contributed by atoms with van der Waals surface area (Å²) in [6.07, 6.45) is -4.88. The van der Waals surface area contributed by atoms with Crippen molar-refractivity contribution >= 4 is 50.1 Å². The molecule has 0 aliphatic carbocycles. The van der Waals surface area contributed by atoms with E-state index in [2.05, 4.69) is 0 Å². The molecule has 0 spiro atoms. The molecule has 0 amide bonds. The highest BCUT2D eigenvalue weighted by Crippen LogP contribution is 2.38. The molecule has 0 saturated carbocycles. The fourth-order valence-electron chi connectivity index (χ4n) is 4.02. The van der Waals surface area contributed by atoms with Gasteiger partial charge in [0.25, 0.3) is 10.0 Å². The second-order valence-electron chi connectivity index (χ2n) is 8.00. The number of nitrogens with zero attached hydrogens (tertiary/aromatic N) is 1. The van der Waals surface area contributed by atoms with Crippen molar-refractivity contribution in [1.29, 1.82) is 0 Å². The zero-order valence-corrected chi connectivity index (χ0v) is 21.2. The molecular formula is C25H18Cl2F3NO4S. The average Bonchev–Trinajstić information content (AvgIpc) is 3.18. The lowest BCUT2D eigenvalue weighted by Crippen LogP contribution is -2.17. The molecule has 3 aromatic carbocycles. The Labute approximate surface area is 215 Å². The topological polar surface area (TPSA) is 65.4 Å². The molecule has 0 aliphatic rings. The van der Waals surface area contributed by atoms with Crippen LogP contribution in [0.2, 0.25) is 10.0 Å². The number of ether oxygens (including phenoxy) is 1. The Hall–Kier alpha value is -3.01. The van der Waals surface area contributed by atoms with Crippen LogP contribution in [0, 0.1) is 6.92 Å². The smallest absolute Gasteiger partial charge is 0.416 e. The molecule has 188 valence electrons. The molecule has 0 N–H and O–H groups in total. The summed E-state index contributed by atoms with van der Waals surface area (Å²) < 4.78 is 74.1. The van der Waals surface area contributed by atoms with Gasteiger partial charge >= 0.3 is 12.1 Å². The van der Waals surface area contributed by atoms with E-state index in [-0.39, 0.29) is 54.6 Å². The van der Waals surface area contributed by atoms with Crippen molar-refractivity contribution in [3.05, 3.63) is 98.7 Å². The SMILES string of the molecule is COC(=O)c1ccc(Cl)c(Cc2cc3cc(C)c(C(F)(F)F)cc3n2S(=O)(=O)c2ccccc2)c1Cl. The Morgan fingerprint density at radius 2 is 1.69 bits per heavy atom. The molecule has 1 heterocycles. The Kier molecular flexibility index (Phi) is 6.85. The van der Waals surface area contributed by atoms with Gasteiger partial charge in [-0.3, -0.25) is 0 Å². The lowest BCUT2D eigenvalue weighted by atomic mass is 10.0. The van der Waals surface area contributed by atoms with E-state index >= 15 is 0 Å². The summed E-state index contributed by atoms with van der Waals surface area (Å²) in [4.78, 5) is 12.0. The zero-order valence-electron chi connectivity index (χ0n) is 18.9. The van der Waals surface area contributed by atoms with Gasteiger partial charge in [-0.15, -0.1) is 0 Å². The summed E-state index contributed by atoms with van der Waals surface area (Å²) >= 11 is 12.8. The summed E-state index contributed by atoms with van der Waals surface area (Å²) in [5, 5.41) is 0.385. The van der Waals surface area contributed by atoms with Gasteiger partial charge in [-0.1, -0.05) is 41.4 Å². The molecular weight excluding hydrogens is 538 g/mol. The number of halogens is 5. The fourth-order valence-corrected chi connectivity index (χ4v) is 6.16. The predicted molar refractivity (Wildman–Crippen MR) is 131 cm³/mol. The second-order valence-corrected chi connectivity index (χ2v) is 10.6. The summed E-state index contributed by atoms with van der Waals surface area (Å²) in [5.74, 6) is -0.721. The van der Waals surface area contributed by atoms with Crippen molar-refractivity contribution in [3.8, 4) is 0 Å². The van der Waals surface area contributed by atoms with Crippen LogP contribution in [-0.4, -0.2) is 25.5 Å². The van der Waals surface area contributed by atoms with E-state index < -0.39 is 27.7 Å². The first-order valence-electron chi connectivity index (χ1n) is 10.4. The molecule has 0 aliphatic heterocycles. The van der Waals surface area contributed by atoms with Gasteiger partial charge in [0.1, 0.15) is 0 Å². The molecule has 0 radical (unpaired) electrons. The zero-order chi connectivity index (χ0) is 26.4. The van der Waals surface area contributed by atoms with Crippen LogP contribution >= 0.6 is 23.2 Å². The normalized spacial score (nSPS) is 12.2. The fraction of sp³-hybridized carbons (Fsp3) is 0.160. The molecule has 11 heteroatoms. The number of aromatic nitrogens is 1. The minimum absolute atomic E-state index is 0.0161. The molecule has 5 nitrogen and oxygen atoms in total. The van der Waals surface area contributed by atoms with E-state index in [1.165, 1.54) is 62.6 Å². The monoisotopic (exact) mass is 555 g/mol. The molecule has 0 bridgehead atoms. The third kappa shape index (κ3) is 4.58. The van der Waals surface area contributed by atoms with Crippen molar-refractivity contribution in [1.82, 2.24) is 3.97 Å². The minimum atomic E-state index is -4.69. The molecule has 0 fully saturated rings. The molecule has 4 aromatic rings. The third-order valence-electron chi connectivity index (χ3n) is 5.71. The highest BCUT2D eigenvalue weighted by Gasteiger charge is 2.34. The molecule has 36 heavy (non-hydrogen) atoms. The molecule has 0 saturated heterocycles. The summed E-state index contributed by atoms with van der Waals surface area (Å²) in [6.45, 7) is 1.30. The van der Waals surface area contributed by atoms with Crippen LogP contribution in [0.25, 0.3) is 10.9 Å². The van der Waals surface area contributed by atoms with E-state index in [9.17, 15) is 26.4 Å². The first kappa shape index (κ1) is 26.1. The first-order chi connectivity index (χ1) is 16.9. The number of fused-ring (bicyclic) bond motifs is 1. The van der Waals surface area contributed by atoms with Crippen LogP contribution in [-0.2, 0) is 27.4 Å². The largest absolute Gasteiger partial charge is 0.465 e. The Morgan fingerprint density at radius 1 is 1.03 bits per heavy atom. The van der Waals surface area contributed by atoms with E-state index in [4.69, 9.17) is 27.9 Å². The van der Waals surface area contributed by atoms with Gasteiger partial charge in [-0.2, -0.15) is 13.2 Å². The molecule has 4 rings (SSSR count). The van der Waals surface area contributed by atoms with Gasteiger partial charge in [-0.25, -0.2) is 17.2 Å². The van der Waals surface area contributed by atoms with Crippen LogP contribution in [0.5, 0.6) is 0 Å². The van der Waals surface area contributed by atoms with E-state index in [1.54, 1.807) is 6.07 Å². The maximum atomic E-state index is 13.7. The second kappa shape index (κ2) is 9.46. The number of alkyl halides is 3. The lowest BCUT2D eigenvalue weighted by molar-refractivity contribution is -0.137. The number of hydrogen-bond donors (Lipinski definition) is 0. The number of carbonyl (C=O) groups is 1. The lowest BCUT2D eigenvalue weighted by Gasteiger charge is -2.16. The highest BCUT2D eigenvalue weighted by molar-refractivity contribution is 7.90. The predicted octanol–water partition coefficient (Wildman–Crippen LogP) is 6.89. The van der Waals surface area contributed by atoms with Gasteiger partial charge in [0.05, 0.1) is 33.7 Å². The number of methoxy groups -OCH3 is 1. The average molecular weight is 556 g/mol. The number of benzene rings is 3. The third-order valence-corrected chi connectivity index (χ3v) is 8.28. The quantitative estimate of drug-likeness (QED) is 0.251. The summed E-state index contributed by atoms with van der Waals surface area (Å²) in [7, 11) is -3.16. The van der Waals surface area contributed by atoms with Crippen LogP contribution in [0.3, 0.4) is 0 Å². The summed E-state index contributed by atoms with van der Waals surface area (Å²) in [6, 6.07) is 13.7. The van der Waals surface area contributed by atoms with Gasteiger partial charge in [0.2, 0.25) is 0 Å². The van der Waals surface area contributed by atoms with Crippen LogP contribution in [0.1, 0.15) is 32.7 Å². The minimum Gasteiger partial charge on any atom is -0.465 e. The van der Waals surface area contributed by atoms with Gasteiger partial charge in [-0.05, 0) is 60.5 Å². The number of esters is 1. The van der Waals surface area contributed by atoms with Crippen molar-refractivity contribution in [2.45, 2.75) is 24.4 Å². The highest BCUT2D eigenvalue weighted by atomic mass is 35.5. The molecule has 1 aromatic heterocycles. The van der Waals surface area contributed by atoms with Crippen molar-refractivity contribution in [3.63, 3.8) is 0 Å². The first-order valence-corrected chi connectivity index (χ1v) is 12.6. The van der Waals surface area contributed by atoms with Gasteiger partial charge < -0.3 is 4.74 Å². The van der Waals surface area contributed by atoms with E-state index in [0.29, 0.717) is 0 Å². The Balaban J connectivity index is 2.03. The van der Waals surface area contributed by atoms with Crippen LogP contribution in [0.4, 0.5) is 13.2 Å². The van der Waals surface area contributed by atoms with E-state index in [1.807, 2.05) is 0 Å². The Bertz CT molecular complexity index is 1600.